The van der Waals surface area contributed by atoms with Crippen molar-refractivity contribution in [2.45, 2.75) is 64.0 Å². The van der Waals surface area contributed by atoms with Gasteiger partial charge < -0.3 is 10.1 Å². The number of aromatic nitrogens is 2. The van der Waals surface area contributed by atoms with Crippen molar-refractivity contribution in [3.8, 4) is 0 Å². The van der Waals surface area contributed by atoms with Gasteiger partial charge in [0.1, 0.15) is 0 Å². The number of fused-ring (bicyclic) bond motifs is 1. The molecule has 1 saturated carbocycles. The van der Waals surface area contributed by atoms with E-state index in [1.54, 1.807) is 11.3 Å². The molecule has 2 unspecified atom stereocenters. The van der Waals surface area contributed by atoms with E-state index in [0.717, 1.165) is 60.1 Å². The van der Waals surface area contributed by atoms with Gasteiger partial charge in [0, 0.05) is 17.7 Å². The number of nitrogens with one attached hydrogen (secondary N) is 1. The number of benzene rings is 1. The molecule has 2 fully saturated rings. The summed E-state index contributed by atoms with van der Waals surface area (Å²) in [5, 5.41) is 13.2. The Labute approximate surface area is 181 Å². The van der Waals surface area contributed by atoms with E-state index in [0.29, 0.717) is 5.92 Å². The lowest BCUT2D eigenvalue weighted by atomic mass is 9.85. The zero-order chi connectivity index (χ0) is 20.5. The van der Waals surface area contributed by atoms with Crippen LogP contribution in [0, 0.1) is 12.8 Å². The minimum Gasteiger partial charge on any atom is -0.356 e. The molecule has 1 amide bonds. The minimum absolute atomic E-state index is 0.0146. The molecule has 158 valence electrons. The SMILES string of the molecule is Cc1nn(C2CCCCO2)c2ccc(NC(=O)C(c3ccsc3)C3CCCC3)cc12. The Morgan fingerprint density at radius 2 is 2.03 bits per heavy atom. The van der Waals surface area contributed by atoms with Crippen molar-refractivity contribution in [3.63, 3.8) is 0 Å². The number of anilines is 1. The molecule has 6 heteroatoms. The number of hydrogen-bond donors (Lipinski definition) is 1. The normalized spacial score (nSPS) is 21.2. The fourth-order valence-electron chi connectivity index (χ4n) is 5.11. The fourth-order valence-corrected chi connectivity index (χ4v) is 5.81. The largest absolute Gasteiger partial charge is 0.356 e. The van der Waals surface area contributed by atoms with Crippen molar-refractivity contribution in [1.82, 2.24) is 9.78 Å². The van der Waals surface area contributed by atoms with Gasteiger partial charge in [-0.2, -0.15) is 16.4 Å². The summed E-state index contributed by atoms with van der Waals surface area (Å²) in [5.74, 6) is 0.491. The first-order chi connectivity index (χ1) is 14.7. The van der Waals surface area contributed by atoms with Crippen LogP contribution in [0.25, 0.3) is 10.9 Å². The molecule has 3 heterocycles. The quantitative estimate of drug-likeness (QED) is 0.546. The van der Waals surface area contributed by atoms with E-state index in [9.17, 15) is 4.79 Å². The van der Waals surface area contributed by atoms with Crippen LogP contribution in [0.15, 0.2) is 35.0 Å². The second-order valence-electron chi connectivity index (χ2n) is 8.65. The van der Waals surface area contributed by atoms with Crippen LogP contribution in [0.5, 0.6) is 0 Å². The molecule has 0 spiro atoms. The molecule has 0 radical (unpaired) electrons. The number of amides is 1. The number of carbonyl (C=O) groups excluding carboxylic acids is 1. The average molecular weight is 424 g/mol. The van der Waals surface area contributed by atoms with Crippen LogP contribution in [0.4, 0.5) is 5.69 Å². The van der Waals surface area contributed by atoms with Gasteiger partial charge in [0.15, 0.2) is 6.23 Å². The monoisotopic (exact) mass is 423 g/mol. The van der Waals surface area contributed by atoms with E-state index in [1.807, 2.05) is 17.7 Å². The molecule has 0 bridgehead atoms. The number of carbonyl (C=O) groups is 1. The predicted octanol–water partition coefficient (Wildman–Crippen LogP) is 6.02. The Kier molecular flexibility index (Phi) is 5.61. The molecular weight excluding hydrogens is 394 g/mol. The summed E-state index contributed by atoms with van der Waals surface area (Å²) in [6, 6.07) is 8.24. The van der Waals surface area contributed by atoms with Gasteiger partial charge in [0.2, 0.25) is 5.91 Å². The molecule has 30 heavy (non-hydrogen) atoms. The molecule has 1 N–H and O–H groups in total. The van der Waals surface area contributed by atoms with Gasteiger partial charge in [-0.25, -0.2) is 4.68 Å². The highest BCUT2D eigenvalue weighted by molar-refractivity contribution is 7.08. The molecule has 2 aliphatic rings. The summed E-state index contributed by atoms with van der Waals surface area (Å²) in [7, 11) is 0. The van der Waals surface area contributed by atoms with Gasteiger partial charge in [-0.3, -0.25) is 4.79 Å². The highest BCUT2D eigenvalue weighted by Crippen LogP contribution is 2.39. The van der Waals surface area contributed by atoms with Crippen LogP contribution < -0.4 is 5.32 Å². The third kappa shape index (κ3) is 3.79. The first-order valence-electron chi connectivity index (χ1n) is 11.1. The number of hydrogen-bond acceptors (Lipinski definition) is 4. The molecule has 5 rings (SSSR count). The van der Waals surface area contributed by atoms with Crippen LogP contribution in [0.2, 0.25) is 0 Å². The van der Waals surface area contributed by atoms with Crippen LogP contribution >= 0.6 is 11.3 Å². The van der Waals surface area contributed by atoms with E-state index >= 15 is 0 Å². The Balaban J connectivity index is 1.40. The molecule has 2 atom stereocenters. The third-order valence-corrected chi connectivity index (χ3v) is 7.34. The molecular formula is C24H29N3O2S. The number of rotatable bonds is 5. The van der Waals surface area contributed by atoms with E-state index in [1.165, 1.54) is 19.3 Å². The molecule has 1 aromatic carbocycles. The summed E-state index contributed by atoms with van der Waals surface area (Å²) in [6.45, 7) is 2.82. The second-order valence-corrected chi connectivity index (χ2v) is 9.43. The van der Waals surface area contributed by atoms with Crippen LogP contribution in [0.1, 0.15) is 68.3 Å². The van der Waals surface area contributed by atoms with Crippen LogP contribution in [-0.4, -0.2) is 22.3 Å². The van der Waals surface area contributed by atoms with Crippen molar-refractivity contribution in [2.75, 3.05) is 11.9 Å². The van der Waals surface area contributed by atoms with Crippen molar-refractivity contribution < 1.29 is 9.53 Å². The van der Waals surface area contributed by atoms with Gasteiger partial charge in [0.25, 0.3) is 0 Å². The summed E-state index contributed by atoms with van der Waals surface area (Å²) in [4.78, 5) is 13.3. The highest BCUT2D eigenvalue weighted by Gasteiger charge is 2.32. The average Bonchev–Trinajstić information content (AvgIpc) is 3.52. The minimum atomic E-state index is -0.0612. The highest BCUT2D eigenvalue weighted by atomic mass is 32.1. The van der Waals surface area contributed by atoms with Crippen molar-refractivity contribution >= 4 is 33.8 Å². The Morgan fingerprint density at radius 3 is 2.77 bits per heavy atom. The lowest BCUT2D eigenvalue weighted by Gasteiger charge is -2.23. The van der Waals surface area contributed by atoms with Crippen molar-refractivity contribution in [1.29, 1.82) is 0 Å². The zero-order valence-corrected chi connectivity index (χ0v) is 18.3. The first-order valence-corrected chi connectivity index (χ1v) is 12.1. The summed E-state index contributed by atoms with van der Waals surface area (Å²) in [5.41, 5.74) is 4.05. The number of ether oxygens (including phenoxy) is 1. The lowest BCUT2D eigenvalue weighted by molar-refractivity contribution is -0.118. The van der Waals surface area contributed by atoms with Crippen LogP contribution in [-0.2, 0) is 9.53 Å². The number of nitrogens with zero attached hydrogens (tertiary/aromatic N) is 2. The standard InChI is InChI=1S/C24H29N3O2S/c1-16-20-14-19(9-10-21(20)27(26-16)22-8-4-5-12-29-22)25-24(28)23(17-6-2-3-7-17)18-11-13-30-15-18/h9-11,13-15,17,22-23H,2-8,12H2,1H3,(H,25,28). The summed E-state index contributed by atoms with van der Waals surface area (Å²) in [6.07, 6.45) is 8.04. The lowest BCUT2D eigenvalue weighted by Crippen LogP contribution is -2.26. The van der Waals surface area contributed by atoms with Crippen molar-refractivity contribution in [3.05, 3.63) is 46.3 Å². The van der Waals surface area contributed by atoms with E-state index in [-0.39, 0.29) is 18.1 Å². The van der Waals surface area contributed by atoms with E-state index in [2.05, 4.69) is 34.3 Å². The maximum atomic E-state index is 13.3. The first kappa shape index (κ1) is 19.8. The third-order valence-electron chi connectivity index (χ3n) is 6.64. The summed E-state index contributed by atoms with van der Waals surface area (Å²) < 4.78 is 7.96. The van der Waals surface area contributed by atoms with Gasteiger partial charge in [-0.1, -0.05) is 12.8 Å². The van der Waals surface area contributed by atoms with Gasteiger partial charge in [-0.05, 0) is 85.5 Å². The topological polar surface area (TPSA) is 56.1 Å². The molecule has 3 aromatic rings. The van der Waals surface area contributed by atoms with Gasteiger partial charge in [0.05, 0.1) is 17.1 Å². The Morgan fingerprint density at radius 1 is 1.20 bits per heavy atom. The molecule has 2 aromatic heterocycles. The van der Waals surface area contributed by atoms with Crippen molar-refractivity contribution in [2.24, 2.45) is 5.92 Å². The molecule has 1 aliphatic heterocycles. The number of aryl methyl sites for hydroxylation is 1. The Hall–Kier alpha value is -2.18. The van der Waals surface area contributed by atoms with Gasteiger partial charge >= 0.3 is 0 Å². The second kappa shape index (κ2) is 8.52. The maximum Gasteiger partial charge on any atom is 0.232 e. The molecule has 1 aliphatic carbocycles. The zero-order valence-electron chi connectivity index (χ0n) is 17.5. The Bertz CT molecular complexity index is 1010. The molecule has 5 nitrogen and oxygen atoms in total. The summed E-state index contributed by atoms with van der Waals surface area (Å²) >= 11 is 1.67. The smallest absolute Gasteiger partial charge is 0.232 e. The fraction of sp³-hybridized carbons (Fsp3) is 0.500. The maximum absolute atomic E-state index is 13.3. The van der Waals surface area contributed by atoms with Crippen LogP contribution in [0.3, 0.4) is 0 Å². The molecule has 1 saturated heterocycles. The van der Waals surface area contributed by atoms with E-state index in [4.69, 9.17) is 9.84 Å². The van der Waals surface area contributed by atoms with E-state index < -0.39 is 0 Å². The predicted molar refractivity (Wildman–Crippen MR) is 121 cm³/mol. The number of thiophene rings is 1. The van der Waals surface area contributed by atoms with Gasteiger partial charge in [-0.15, -0.1) is 0 Å².